The Balaban J connectivity index is 1.74. The molecular weight excluding hydrogens is 382 g/mol. The normalized spacial score (nSPS) is 17.2. The van der Waals surface area contributed by atoms with Crippen molar-refractivity contribution in [3.8, 4) is 5.69 Å². The first-order valence-corrected chi connectivity index (χ1v) is 10.3. The number of hydrogen-bond donors (Lipinski definition) is 2. The predicted octanol–water partition coefficient (Wildman–Crippen LogP) is 3.39. The first kappa shape index (κ1) is 21.4. The summed E-state index contributed by atoms with van der Waals surface area (Å²) in [5.41, 5.74) is 2.20. The van der Waals surface area contributed by atoms with Crippen molar-refractivity contribution >= 4 is 23.3 Å². The molecule has 2 heterocycles. The molecule has 0 spiro atoms. The summed E-state index contributed by atoms with van der Waals surface area (Å²) in [6.07, 6.45) is 7.22. The average Bonchev–Trinajstić information content (AvgIpc) is 3.42. The van der Waals surface area contributed by atoms with Crippen LogP contribution in [0.5, 0.6) is 0 Å². The van der Waals surface area contributed by atoms with Gasteiger partial charge in [-0.2, -0.15) is 0 Å². The molecule has 0 unspecified atom stereocenters. The van der Waals surface area contributed by atoms with Crippen LogP contribution in [0.15, 0.2) is 53.9 Å². The van der Waals surface area contributed by atoms with Crippen LogP contribution in [0.25, 0.3) is 5.69 Å². The van der Waals surface area contributed by atoms with Crippen molar-refractivity contribution in [2.75, 3.05) is 25.5 Å². The summed E-state index contributed by atoms with van der Waals surface area (Å²) in [5.74, 6) is -0.250. The van der Waals surface area contributed by atoms with E-state index in [2.05, 4.69) is 22.7 Å². The Bertz CT molecular complexity index is 879. The van der Waals surface area contributed by atoms with Gasteiger partial charge >= 0.3 is 6.03 Å². The lowest BCUT2D eigenvalue weighted by molar-refractivity contribution is -0.119. The van der Waals surface area contributed by atoms with Crippen LogP contribution in [-0.4, -0.2) is 53.4 Å². The molecule has 0 aliphatic carbocycles. The fraction of sp³-hybridized carbons (Fsp3) is 0.409. The lowest BCUT2D eigenvalue weighted by atomic mass is 10.1. The van der Waals surface area contributed by atoms with Crippen LogP contribution in [0.1, 0.15) is 32.6 Å². The van der Waals surface area contributed by atoms with Crippen molar-refractivity contribution in [3.63, 3.8) is 0 Å². The number of unbranched alkanes of at least 4 members (excludes halogenated alkanes) is 2. The second-order valence-corrected chi connectivity index (χ2v) is 7.22. The number of aromatic nitrogens is 1. The molecule has 1 fully saturated rings. The van der Waals surface area contributed by atoms with Crippen molar-refractivity contribution in [1.29, 1.82) is 0 Å². The van der Waals surface area contributed by atoms with Crippen LogP contribution in [-0.2, 0) is 9.63 Å². The highest BCUT2D eigenvalue weighted by Crippen LogP contribution is 2.23. The topological polar surface area (TPSA) is 88.0 Å². The maximum absolute atomic E-state index is 13.1. The Morgan fingerprint density at radius 3 is 2.67 bits per heavy atom. The third-order valence-corrected chi connectivity index (χ3v) is 5.04. The molecule has 0 saturated carbocycles. The number of carbonyl (C=O) groups excluding carboxylic acids is 2. The number of urea groups is 1. The number of oxime groups is 1. The monoisotopic (exact) mass is 411 g/mol. The number of anilines is 1. The van der Waals surface area contributed by atoms with E-state index in [-0.39, 0.29) is 18.5 Å². The number of nitrogens with zero attached hydrogens (tertiary/aromatic N) is 3. The first-order chi connectivity index (χ1) is 14.6. The summed E-state index contributed by atoms with van der Waals surface area (Å²) in [6.45, 7) is 2.97. The van der Waals surface area contributed by atoms with Crippen LogP contribution < -0.4 is 10.6 Å². The van der Waals surface area contributed by atoms with Gasteiger partial charge in [-0.3, -0.25) is 4.79 Å². The number of hydrogen-bond acceptors (Lipinski definition) is 4. The van der Waals surface area contributed by atoms with Crippen LogP contribution >= 0.6 is 0 Å². The zero-order valence-electron chi connectivity index (χ0n) is 17.5. The Labute approximate surface area is 176 Å². The molecular formula is C22H29N5O3. The molecule has 1 aliphatic heterocycles. The van der Waals surface area contributed by atoms with E-state index in [0.29, 0.717) is 24.4 Å². The smallest absolute Gasteiger partial charge is 0.318 e. The molecule has 8 nitrogen and oxygen atoms in total. The second kappa shape index (κ2) is 10.5. The quantitative estimate of drug-likeness (QED) is 0.516. The highest BCUT2D eigenvalue weighted by Gasteiger charge is 2.38. The highest BCUT2D eigenvalue weighted by molar-refractivity contribution is 6.05. The largest absolute Gasteiger partial charge is 0.399 e. The Morgan fingerprint density at radius 2 is 1.93 bits per heavy atom. The number of benzene rings is 1. The van der Waals surface area contributed by atoms with E-state index in [1.807, 2.05) is 53.4 Å². The summed E-state index contributed by atoms with van der Waals surface area (Å²) in [6, 6.07) is 10.5. The van der Waals surface area contributed by atoms with E-state index in [1.54, 1.807) is 0 Å². The van der Waals surface area contributed by atoms with E-state index < -0.39 is 6.04 Å². The summed E-state index contributed by atoms with van der Waals surface area (Å²) in [7, 11) is 1.46. The standard InChI is InChI=1S/C22H29N5O3/c1-3-4-7-12-23-22(29)27-16-17(25-30-2)15-20(27)21(28)24-18-10-5-6-11-19(18)26-13-8-9-14-26/h5-6,8-11,13-14,20H,3-4,7,12,15-16H2,1-2H3,(H,23,29)(H,24,28)/t20-/m0/s1. The van der Waals surface area contributed by atoms with E-state index in [0.717, 1.165) is 24.9 Å². The molecule has 30 heavy (non-hydrogen) atoms. The first-order valence-electron chi connectivity index (χ1n) is 10.3. The number of para-hydroxylation sites is 2. The third-order valence-electron chi connectivity index (χ3n) is 5.04. The van der Waals surface area contributed by atoms with Crippen LogP contribution in [0.4, 0.5) is 10.5 Å². The molecule has 160 valence electrons. The van der Waals surface area contributed by atoms with Crippen LogP contribution in [0.2, 0.25) is 0 Å². The molecule has 3 amide bonds. The molecule has 1 aliphatic rings. The third kappa shape index (κ3) is 5.20. The molecule has 3 rings (SSSR count). The van der Waals surface area contributed by atoms with Gasteiger partial charge in [0.15, 0.2) is 0 Å². The zero-order valence-corrected chi connectivity index (χ0v) is 17.5. The minimum Gasteiger partial charge on any atom is -0.399 e. The molecule has 2 N–H and O–H groups in total. The fourth-order valence-electron chi connectivity index (χ4n) is 3.54. The van der Waals surface area contributed by atoms with Gasteiger partial charge in [-0.1, -0.05) is 37.1 Å². The lowest BCUT2D eigenvalue weighted by Gasteiger charge is -2.24. The zero-order chi connectivity index (χ0) is 21.3. The van der Waals surface area contributed by atoms with Crippen LogP contribution in [0, 0.1) is 0 Å². The molecule has 1 atom stereocenters. The lowest BCUT2D eigenvalue weighted by Crippen LogP contribution is -2.48. The number of rotatable bonds is 8. The Kier molecular flexibility index (Phi) is 7.48. The minimum atomic E-state index is -0.650. The Morgan fingerprint density at radius 1 is 1.17 bits per heavy atom. The molecule has 0 bridgehead atoms. The van der Waals surface area contributed by atoms with Gasteiger partial charge in [-0.05, 0) is 30.7 Å². The van der Waals surface area contributed by atoms with Gasteiger partial charge in [0.2, 0.25) is 5.91 Å². The second-order valence-electron chi connectivity index (χ2n) is 7.22. The molecule has 1 aromatic carbocycles. The van der Waals surface area contributed by atoms with Crippen molar-refractivity contribution in [2.24, 2.45) is 5.16 Å². The summed E-state index contributed by atoms with van der Waals surface area (Å²) < 4.78 is 1.93. The highest BCUT2D eigenvalue weighted by atomic mass is 16.6. The predicted molar refractivity (Wildman–Crippen MR) is 117 cm³/mol. The van der Waals surface area contributed by atoms with E-state index in [4.69, 9.17) is 4.84 Å². The molecule has 1 saturated heterocycles. The van der Waals surface area contributed by atoms with Gasteiger partial charge < -0.3 is 24.9 Å². The molecule has 2 aromatic rings. The summed E-state index contributed by atoms with van der Waals surface area (Å²) in [4.78, 5) is 32.3. The maximum atomic E-state index is 13.1. The summed E-state index contributed by atoms with van der Waals surface area (Å²) >= 11 is 0. The van der Waals surface area contributed by atoms with Gasteiger partial charge in [0.05, 0.1) is 23.6 Å². The van der Waals surface area contributed by atoms with Crippen LogP contribution in [0.3, 0.4) is 0 Å². The number of amides is 3. The van der Waals surface area contributed by atoms with Gasteiger partial charge in [0.1, 0.15) is 13.2 Å². The van der Waals surface area contributed by atoms with E-state index in [9.17, 15) is 9.59 Å². The summed E-state index contributed by atoms with van der Waals surface area (Å²) in [5, 5.41) is 9.87. The van der Waals surface area contributed by atoms with E-state index >= 15 is 0 Å². The van der Waals surface area contributed by atoms with Gasteiger partial charge in [-0.25, -0.2) is 4.79 Å². The molecule has 0 radical (unpaired) electrons. The SMILES string of the molecule is CCCCCNC(=O)N1CC(=NOC)C[C@H]1C(=O)Nc1ccccc1-n1cccc1. The van der Waals surface area contributed by atoms with Crippen molar-refractivity contribution in [1.82, 2.24) is 14.8 Å². The average molecular weight is 412 g/mol. The maximum Gasteiger partial charge on any atom is 0.318 e. The van der Waals surface area contributed by atoms with Crippen molar-refractivity contribution < 1.29 is 14.4 Å². The minimum absolute atomic E-state index is 0.250. The van der Waals surface area contributed by atoms with Gasteiger partial charge in [0.25, 0.3) is 0 Å². The molecule has 8 heteroatoms. The van der Waals surface area contributed by atoms with Crippen molar-refractivity contribution in [3.05, 3.63) is 48.8 Å². The van der Waals surface area contributed by atoms with Crippen molar-refractivity contribution in [2.45, 2.75) is 38.6 Å². The van der Waals surface area contributed by atoms with Gasteiger partial charge in [0, 0.05) is 25.4 Å². The number of nitrogens with one attached hydrogen (secondary N) is 2. The number of carbonyl (C=O) groups is 2. The Hall–Kier alpha value is -3.29. The number of likely N-dealkylation sites (tertiary alicyclic amines) is 1. The van der Waals surface area contributed by atoms with Gasteiger partial charge in [-0.15, -0.1) is 0 Å². The van der Waals surface area contributed by atoms with E-state index in [1.165, 1.54) is 12.0 Å². The fourth-order valence-corrected chi connectivity index (χ4v) is 3.54. The molecule has 1 aromatic heterocycles.